The van der Waals surface area contributed by atoms with Gasteiger partial charge < -0.3 is 20.1 Å². The number of ether oxygens (including phenoxy) is 2. The van der Waals surface area contributed by atoms with Crippen LogP contribution >= 0.6 is 11.6 Å². The molecule has 6 nitrogen and oxygen atoms in total. The van der Waals surface area contributed by atoms with Crippen LogP contribution < -0.4 is 20.1 Å². The summed E-state index contributed by atoms with van der Waals surface area (Å²) in [5.74, 6) is 1.25. The number of rotatable bonds is 5. The first kappa shape index (κ1) is 16.4. The molecule has 1 aliphatic rings. The molecule has 0 atom stereocenters. The number of hydrogen-bond acceptors (Lipinski definition) is 4. The van der Waals surface area contributed by atoms with Gasteiger partial charge in [0.25, 0.3) is 0 Å². The van der Waals surface area contributed by atoms with Crippen LogP contribution in [0.1, 0.15) is 11.1 Å². The number of pyridine rings is 1. The van der Waals surface area contributed by atoms with E-state index < -0.39 is 0 Å². The molecule has 0 unspecified atom stereocenters. The van der Waals surface area contributed by atoms with Crippen molar-refractivity contribution in [1.82, 2.24) is 15.6 Å². The van der Waals surface area contributed by atoms with Crippen LogP contribution in [-0.2, 0) is 13.0 Å². The highest BCUT2D eigenvalue weighted by atomic mass is 35.5. The number of carbonyl (C=O) groups excluding carboxylic acids is 1. The average molecular weight is 348 g/mol. The van der Waals surface area contributed by atoms with Crippen LogP contribution in [0, 0.1) is 0 Å². The SMILES string of the molecule is O=C(NCCc1cc(Cl)c2c(c1)OCCO2)NCc1cccnc1. The molecule has 0 saturated carbocycles. The summed E-state index contributed by atoms with van der Waals surface area (Å²) in [6.45, 7) is 1.96. The van der Waals surface area contributed by atoms with Crippen molar-refractivity contribution in [3.05, 3.63) is 52.8 Å². The Kier molecular flexibility index (Phi) is 5.38. The quantitative estimate of drug-likeness (QED) is 0.871. The fourth-order valence-corrected chi connectivity index (χ4v) is 2.66. The van der Waals surface area contributed by atoms with Crippen molar-refractivity contribution in [2.75, 3.05) is 19.8 Å². The van der Waals surface area contributed by atoms with E-state index in [1.165, 1.54) is 0 Å². The average Bonchev–Trinajstić information content (AvgIpc) is 2.61. The summed E-state index contributed by atoms with van der Waals surface area (Å²) < 4.78 is 11.0. The van der Waals surface area contributed by atoms with Gasteiger partial charge in [0.15, 0.2) is 11.5 Å². The third-order valence-electron chi connectivity index (χ3n) is 3.53. The second-order valence-electron chi connectivity index (χ2n) is 5.32. The van der Waals surface area contributed by atoms with Gasteiger partial charge in [-0.3, -0.25) is 4.98 Å². The molecule has 2 aromatic rings. The number of carbonyl (C=O) groups is 1. The van der Waals surface area contributed by atoms with Crippen LogP contribution in [0.25, 0.3) is 0 Å². The standard InChI is InChI=1S/C17H18ClN3O3/c18-14-8-12(9-15-16(14)24-7-6-23-15)3-5-20-17(22)21-11-13-2-1-4-19-10-13/h1-2,4,8-10H,3,5-7,11H2,(H2,20,21,22). The minimum absolute atomic E-state index is 0.220. The monoisotopic (exact) mass is 347 g/mol. The van der Waals surface area contributed by atoms with E-state index in [-0.39, 0.29) is 6.03 Å². The molecular weight excluding hydrogens is 330 g/mol. The third kappa shape index (κ3) is 4.29. The van der Waals surface area contributed by atoms with E-state index in [1.807, 2.05) is 24.3 Å². The van der Waals surface area contributed by atoms with Crippen LogP contribution in [0.15, 0.2) is 36.7 Å². The van der Waals surface area contributed by atoms with E-state index >= 15 is 0 Å². The molecule has 7 heteroatoms. The van der Waals surface area contributed by atoms with Crippen LogP contribution in [0.5, 0.6) is 11.5 Å². The third-order valence-corrected chi connectivity index (χ3v) is 3.81. The first-order valence-electron chi connectivity index (χ1n) is 7.71. The molecule has 0 spiro atoms. The zero-order valence-corrected chi connectivity index (χ0v) is 13.8. The van der Waals surface area contributed by atoms with Gasteiger partial charge in [-0.15, -0.1) is 0 Å². The maximum absolute atomic E-state index is 11.8. The molecule has 2 heterocycles. The molecule has 0 bridgehead atoms. The van der Waals surface area contributed by atoms with Crippen molar-refractivity contribution in [3.8, 4) is 11.5 Å². The lowest BCUT2D eigenvalue weighted by Crippen LogP contribution is -2.36. The van der Waals surface area contributed by atoms with Crippen LogP contribution in [-0.4, -0.2) is 30.8 Å². The Labute approximate surface area is 145 Å². The molecule has 1 aromatic heterocycles. The normalized spacial score (nSPS) is 12.5. The lowest BCUT2D eigenvalue weighted by Gasteiger charge is -2.20. The molecule has 126 valence electrons. The molecule has 2 amide bonds. The summed E-state index contributed by atoms with van der Waals surface area (Å²) in [6, 6.07) is 7.26. The van der Waals surface area contributed by atoms with E-state index in [2.05, 4.69) is 15.6 Å². The number of benzene rings is 1. The Hall–Kier alpha value is -2.47. The van der Waals surface area contributed by atoms with Gasteiger partial charge in [0.1, 0.15) is 13.2 Å². The summed E-state index contributed by atoms with van der Waals surface area (Å²) in [5.41, 5.74) is 1.93. The number of hydrogen-bond donors (Lipinski definition) is 2. The number of amides is 2. The Morgan fingerprint density at radius 1 is 1.21 bits per heavy atom. The van der Waals surface area contributed by atoms with Crippen molar-refractivity contribution in [1.29, 1.82) is 0 Å². The second kappa shape index (κ2) is 7.88. The van der Waals surface area contributed by atoms with E-state index in [9.17, 15) is 4.79 Å². The van der Waals surface area contributed by atoms with Crippen LogP contribution in [0.4, 0.5) is 4.79 Å². The van der Waals surface area contributed by atoms with Crippen molar-refractivity contribution in [2.45, 2.75) is 13.0 Å². The Balaban J connectivity index is 1.46. The summed E-state index contributed by atoms with van der Waals surface area (Å²) >= 11 is 6.20. The second-order valence-corrected chi connectivity index (χ2v) is 5.73. The summed E-state index contributed by atoms with van der Waals surface area (Å²) in [7, 11) is 0. The lowest BCUT2D eigenvalue weighted by molar-refractivity contribution is 0.171. The molecule has 0 fully saturated rings. The fourth-order valence-electron chi connectivity index (χ4n) is 2.38. The van der Waals surface area contributed by atoms with Gasteiger partial charge >= 0.3 is 6.03 Å². The molecule has 1 aliphatic heterocycles. The smallest absolute Gasteiger partial charge is 0.315 e. The van der Waals surface area contributed by atoms with Crippen molar-refractivity contribution in [2.24, 2.45) is 0 Å². The highest BCUT2D eigenvalue weighted by Gasteiger charge is 2.16. The predicted octanol–water partition coefficient (Wildman–Crippen LogP) is 2.55. The van der Waals surface area contributed by atoms with Gasteiger partial charge in [0.2, 0.25) is 0 Å². The Morgan fingerprint density at radius 2 is 2.08 bits per heavy atom. The van der Waals surface area contributed by atoms with Crippen molar-refractivity contribution in [3.63, 3.8) is 0 Å². The number of fused-ring (bicyclic) bond motifs is 1. The molecular formula is C17H18ClN3O3. The first-order chi connectivity index (χ1) is 11.7. The van der Waals surface area contributed by atoms with E-state index in [1.54, 1.807) is 12.4 Å². The number of nitrogens with one attached hydrogen (secondary N) is 2. The molecule has 24 heavy (non-hydrogen) atoms. The maximum Gasteiger partial charge on any atom is 0.315 e. The van der Waals surface area contributed by atoms with Gasteiger partial charge in [-0.1, -0.05) is 17.7 Å². The summed E-state index contributed by atoms with van der Waals surface area (Å²) in [6.07, 6.45) is 4.07. The Morgan fingerprint density at radius 3 is 2.92 bits per heavy atom. The highest BCUT2D eigenvalue weighted by Crippen LogP contribution is 2.38. The van der Waals surface area contributed by atoms with Crippen LogP contribution in [0.3, 0.4) is 0 Å². The molecule has 0 saturated heterocycles. The molecule has 0 aliphatic carbocycles. The first-order valence-corrected chi connectivity index (χ1v) is 8.09. The number of urea groups is 1. The van der Waals surface area contributed by atoms with Gasteiger partial charge in [-0.2, -0.15) is 0 Å². The van der Waals surface area contributed by atoms with Crippen molar-refractivity contribution < 1.29 is 14.3 Å². The number of halogens is 1. The molecule has 2 N–H and O–H groups in total. The van der Waals surface area contributed by atoms with Gasteiger partial charge in [0, 0.05) is 25.5 Å². The molecule has 3 rings (SSSR count). The largest absolute Gasteiger partial charge is 0.486 e. The molecule has 0 radical (unpaired) electrons. The zero-order chi connectivity index (χ0) is 16.8. The molecule has 1 aromatic carbocycles. The fraction of sp³-hybridized carbons (Fsp3) is 0.294. The minimum Gasteiger partial charge on any atom is -0.486 e. The minimum atomic E-state index is -0.220. The maximum atomic E-state index is 11.8. The summed E-state index contributed by atoms with van der Waals surface area (Å²) in [4.78, 5) is 15.8. The van der Waals surface area contributed by atoms with Gasteiger partial charge in [0.05, 0.1) is 5.02 Å². The van der Waals surface area contributed by atoms with Gasteiger partial charge in [-0.05, 0) is 35.7 Å². The van der Waals surface area contributed by atoms with E-state index in [0.29, 0.717) is 49.2 Å². The topological polar surface area (TPSA) is 72.5 Å². The highest BCUT2D eigenvalue weighted by molar-refractivity contribution is 6.32. The van der Waals surface area contributed by atoms with E-state index in [0.717, 1.165) is 11.1 Å². The van der Waals surface area contributed by atoms with Gasteiger partial charge in [-0.25, -0.2) is 4.79 Å². The number of nitrogens with zero attached hydrogens (tertiary/aromatic N) is 1. The zero-order valence-electron chi connectivity index (χ0n) is 13.0. The lowest BCUT2D eigenvalue weighted by atomic mass is 10.1. The van der Waals surface area contributed by atoms with Crippen molar-refractivity contribution >= 4 is 17.6 Å². The number of aromatic nitrogens is 1. The Bertz CT molecular complexity index is 710. The summed E-state index contributed by atoms with van der Waals surface area (Å²) in [5, 5.41) is 6.13. The predicted molar refractivity (Wildman–Crippen MR) is 90.6 cm³/mol. The van der Waals surface area contributed by atoms with Crippen LogP contribution in [0.2, 0.25) is 5.02 Å². The van der Waals surface area contributed by atoms with E-state index in [4.69, 9.17) is 21.1 Å².